The van der Waals surface area contributed by atoms with Gasteiger partial charge in [0.2, 0.25) is 0 Å². The molecular formula is C15H9I3N2S. The number of rotatable bonds is 1. The minimum Gasteiger partial charge on any atom is -0.248 e. The molecule has 0 radical (unpaired) electrons. The molecule has 1 aromatic carbocycles. The lowest BCUT2D eigenvalue weighted by molar-refractivity contribution is 1.38. The third-order valence-corrected chi connectivity index (χ3v) is 5.37. The molecule has 0 aliphatic carbocycles. The predicted octanol–water partition coefficient (Wildman–Crippen LogP) is 5.37. The van der Waals surface area contributed by atoms with E-state index < -0.39 is 0 Å². The van der Waals surface area contributed by atoms with Crippen LogP contribution < -0.4 is 0 Å². The van der Waals surface area contributed by atoms with E-state index in [1.54, 1.807) is 11.8 Å². The number of nitriles is 1. The first-order valence-corrected chi connectivity index (χ1v) is 10.2. The van der Waals surface area contributed by atoms with Crippen molar-refractivity contribution in [1.29, 1.82) is 5.26 Å². The zero-order valence-electron chi connectivity index (χ0n) is 11.0. The SMILES string of the molecule is CC1=NC(C#Cc2cc(C#N)cc(C(I)(I)I)c2)=CSC1. The van der Waals surface area contributed by atoms with E-state index in [4.69, 9.17) is 5.26 Å². The number of allylic oxidation sites excluding steroid dienone is 1. The normalized spacial score (nSPS) is 14.4. The van der Waals surface area contributed by atoms with Crippen LogP contribution in [0.1, 0.15) is 23.6 Å². The van der Waals surface area contributed by atoms with Crippen molar-refractivity contribution in [2.24, 2.45) is 4.99 Å². The molecule has 0 amide bonds. The van der Waals surface area contributed by atoms with Crippen LogP contribution in [-0.2, 0) is -0.565 Å². The smallest absolute Gasteiger partial charge is 0.149 e. The van der Waals surface area contributed by atoms with Crippen molar-refractivity contribution in [2.45, 2.75) is 6.36 Å². The summed E-state index contributed by atoms with van der Waals surface area (Å²) in [6.45, 7) is 2.01. The first-order chi connectivity index (χ1) is 9.88. The van der Waals surface area contributed by atoms with E-state index in [0.717, 1.165) is 28.3 Å². The highest BCUT2D eigenvalue weighted by Crippen LogP contribution is 2.46. The fraction of sp³-hybridized carbons (Fsp3) is 0.200. The molecule has 0 saturated carbocycles. The molecule has 0 saturated heterocycles. The highest BCUT2D eigenvalue weighted by atomic mass is 127. The Morgan fingerprint density at radius 3 is 2.52 bits per heavy atom. The van der Waals surface area contributed by atoms with Gasteiger partial charge in [0.15, 0.2) is 0 Å². The van der Waals surface area contributed by atoms with Gasteiger partial charge in [0.25, 0.3) is 0 Å². The number of nitrogens with zero attached hydrogens (tertiary/aromatic N) is 2. The van der Waals surface area contributed by atoms with Crippen molar-refractivity contribution in [2.75, 3.05) is 5.75 Å². The van der Waals surface area contributed by atoms with Gasteiger partial charge in [-0.2, -0.15) is 5.26 Å². The van der Waals surface area contributed by atoms with E-state index in [-0.39, 0.29) is -0.565 Å². The largest absolute Gasteiger partial charge is 0.248 e. The molecule has 106 valence electrons. The summed E-state index contributed by atoms with van der Waals surface area (Å²) in [5.41, 5.74) is 4.45. The van der Waals surface area contributed by atoms with Gasteiger partial charge in [-0.1, -0.05) is 5.92 Å². The number of hydrogen-bond acceptors (Lipinski definition) is 3. The van der Waals surface area contributed by atoms with Gasteiger partial charge in [-0.15, -0.1) is 11.8 Å². The zero-order valence-corrected chi connectivity index (χ0v) is 18.2. The van der Waals surface area contributed by atoms with Crippen LogP contribution in [-0.4, -0.2) is 11.5 Å². The third kappa shape index (κ3) is 5.41. The molecule has 1 aliphatic rings. The van der Waals surface area contributed by atoms with Gasteiger partial charge in [-0.3, -0.25) is 0 Å². The zero-order chi connectivity index (χ0) is 15.5. The molecule has 0 aromatic heterocycles. The molecule has 0 unspecified atom stereocenters. The Morgan fingerprint density at radius 2 is 1.90 bits per heavy atom. The summed E-state index contributed by atoms with van der Waals surface area (Å²) in [7, 11) is 0. The van der Waals surface area contributed by atoms with Crippen LogP contribution in [0.15, 0.2) is 34.3 Å². The number of benzene rings is 1. The number of alkyl halides is 3. The van der Waals surface area contributed by atoms with E-state index in [2.05, 4.69) is 90.7 Å². The quantitative estimate of drug-likeness (QED) is 0.238. The van der Waals surface area contributed by atoms with Crippen molar-refractivity contribution < 1.29 is 0 Å². The topological polar surface area (TPSA) is 36.1 Å². The standard InChI is InChI=1S/C15H9I3N2S/c1-10-8-21-9-14(20-10)3-2-11-4-12(7-19)6-13(5-11)15(16,17)18/h4-6,9H,8H2,1H3. The summed E-state index contributed by atoms with van der Waals surface area (Å²) in [4.78, 5) is 4.42. The minimum absolute atomic E-state index is 0.0920. The van der Waals surface area contributed by atoms with Crippen molar-refractivity contribution in [3.05, 3.63) is 46.0 Å². The molecular weight excluding hydrogens is 621 g/mol. The molecule has 1 heterocycles. The second-order valence-electron chi connectivity index (χ2n) is 4.32. The lowest BCUT2D eigenvalue weighted by Gasteiger charge is -2.13. The summed E-state index contributed by atoms with van der Waals surface area (Å²) in [6, 6.07) is 7.96. The van der Waals surface area contributed by atoms with Gasteiger partial charge in [0, 0.05) is 22.4 Å². The highest BCUT2D eigenvalue weighted by molar-refractivity contribution is 14.3. The Morgan fingerprint density at radius 1 is 1.19 bits per heavy atom. The molecule has 0 atom stereocenters. The summed E-state index contributed by atoms with van der Waals surface area (Å²) >= 11 is 8.75. The third-order valence-electron chi connectivity index (χ3n) is 2.52. The van der Waals surface area contributed by atoms with Crippen LogP contribution in [0.2, 0.25) is 0 Å². The van der Waals surface area contributed by atoms with Gasteiger partial charge < -0.3 is 0 Å². The van der Waals surface area contributed by atoms with Crippen molar-refractivity contribution in [3.8, 4) is 17.9 Å². The maximum absolute atomic E-state index is 9.16. The first kappa shape index (κ1) is 17.6. The summed E-state index contributed by atoms with van der Waals surface area (Å²) in [5.74, 6) is 7.14. The van der Waals surface area contributed by atoms with E-state index >= 15 is 0 Å². The lowest BCUT2D eigenvalue weighted by atomic mass is 10.1. The van der Waals surface area contributed by atoms with Crippen LogP contribution >= 0.6 is 79.5 Å². The van der Waals surface area contributed by atoms with Gasteiger partial charge in [0.1, 0.15) is 5.13 Å². The average molecular weight is 630 g/mol. The molecule has 21 heavy (non-hydrogen) atoms. The fourth-order valence-electron chi connectivity index (χ4n) is 1.63. The van der Waals surface area contributed by atoms with E-state index in [1.807, 2.05) is 30.5 Å². The second-order valence-corrected chi connectivity index (χ2v) is 16.2. The Bertz CT molecular complexity index is 728. The first-order valence-electron chi connectivity index (χ1n) is 5.89. The summed E-state index contributed by atoms with van der Waals surface area (Å²) in [5, 5.41) is 11.1. The molecule has 6 heteroatoms. The maximum Gasteiger partial charge on any atom is 0.149 e. The fourth-order valence-corrected chi connectivity index (χ4v) is 3.22. The predicted molar refractivity (Wildman–Crippen MR) is 115 cm³/mol. The van der Waals surface area contributed by atoms with Crippen LogP contribution in [0, 0.1) is 23.2 Å². The molecule has 1 aliphatic heterocycles. The maximum atomic E-state index is 9.16. The summed E-state index contributed by atoms with van der Waals surface area (Å²) in [6.07, 6.45) is 0. The number of thioether (sulfide) groups is 1. The van der Waals surface area contributed by atoms with E-state index in [9.17, 15) is 0 Å². The Labute approximate surface area is 169 Å². The molecule has 2 rings (SSSR count). The van der Waals surface area contributed by atoms with E-state index in [0.29, 0.717) is 5.56 Å². The van der Waals surface area contributed by atoms with Gasteiger partial charge in [-0.25, -0.2) is 4.99 Å². The van der Waals surface area contributed by atoms with Crippen LogP contribution in [0.5, 0.6) is 0 Å². The molecule has 0 fully saturated rings. The molecule has 2 nitrogen and oxygen atoms in total. The Balaban J connectivity index is 2.38. The van der Waals surface area contributed by atoms with Crippen LogP contribution in [0.4, 0.5) is 0 Å². The van der Waals surface area contributed by atoms with Gasteiger partial charge >= 0.3 is 0 Å². The van der Waals surface area contributed by atoms with Crippen LogP contribution in [0.25, 0.3) is 0 Å². The molecule has 0 spiro atoms. The number of hydrogen-bond donors (Lipinski definition) is 0. The van der Waals surface area contributed by atoms with E-state index in [1.165, 1.54) is 0 Å². The van der Waals surface area contributed by atoms with Crippen molar-refractivity contribution in [3.63, 3.8) is 0 Å². The van der Waals surface area contributed by atoms with Gasteiger partial charge in [0.05, 0.1) is 11.6 Å². The highest BCUT2D eigenvalue weighted by Gasteiger charge is 2.21. The lowest BCUT2D eigenvalue weighted by Crippen LogP contribution is -1.99. The van der Waals surface area contributed by atoms with Crippen LogP contribution in [0.3, 0.4) is 0 Å². The van der Waals surface area contributed by atoms with Gasteiger partial charge in [-0.05, 0) is 104 Å². The summed E-state index contributed by atoms with van der Waals surface area (Å²) < 4.78 is -0.0920. The number of aliphatic imine (C=N–C) groups is 1. The molecule has 0 N–H and O–H groups in total. The molecule has 0 bridgehead atoms. The monoisotopic (exact) mass is 630 g/mol. The molecule has 1 aromatic rings. The van der Waals surface area contributed by atoms with Crippen molar-refractivity contribution >= 4 is 85.2 Å². The number of halogens is 3. The van der Waals surface area contributed by atoms with Crippen molar-refractivity contribution in [1.82, 2.24) is 0 Å². The average Bonchev–Trinajstić information content (AvgIpc) is 2.44. The minimum atomic E-state index is -0.0920. The second kappa shape index (κ2) is 7.66. The Hall–Kier alpha value is 0.220. The Kier molecular flexibility index (Phi) is 6.41.